The van der Waals surface area contributed by atoms with Gasteiger partial charge in [-0.25, -0.2) is 0 Å². The topological polar surface area (TPSA) is 20.2 Å². The zero-order valence-corrected chi connectivity index (χ0v) is 10.7. The molecule has 0 bridgehead atoms. The third kappa shape index (κ3) is 3.73. The molecule has 0 amide bonds. The third-order valence-corrected chi connectivity index (χ3v) is 2.95. The fourth-order valence-corrected chi connectivity index (χ4v) is 1.72. The monoisotopic (exact) mass is 218 g/mol. The Morgan fingerprint density at radius 2 is 2.06 bits per heavy atom. The average Bonchev–Trinajstić information content (AvgIpc) is 2.21. The van der Waals surface area contributed by atoms with E-state index >= 15 is 0 Å². The van der Waals surface area contributed by atoms with Gasteiger partial charge >= 0.3 is 0 Å². The summed E-state index contributed by atoms with van der Waals surface area (Å²) in [5, 5.41) is 9.65. The average molecular weight is 218 g/mol. The second-order valence-electron chi connectivity index (χ2n) is 4.81. The molecule has 0 fully saturated rings. The van der Waals surface area contributed by atoms with Crippen molar-refractivity contribution >= 4 is 0 Å². The zero-order chi connectivity index (χ0) is 12.1. The Morgan fingerprint density at radius 3 is 2.62 bits per heavy atom. The lowest BCUT2D eigenvalue weighted by Crippen LogP contribution is -1.93. The largest absolute Gasteiger partial charge is 0.508 e. The molecule has 0 aromatic heterocycles. The lowest BCUT2D eigenvalue weighted by Gasteiger charge is -2.12. The smallest absolute Gasteiger partial charge is 0.118 e. The van der Waals surface area contributed by atoms with E-state index in [1.807, 2.05) is 19.1 Å². The third-order valence-electron chi connectivity index (χ3n) is 2.95. The summed E-state index contributed by atoms with van der Waals surface area (Å²) in [7, 11) is 0. The number of phenolic OH excluding ortho intramolecular Hbond substituents is 1. The van der Waals surface area contributed by atoms with Crippen LogP contribution >= 0.6 is 0 Å². The Bertz CT molecular complexity index is 373. The van der Waals surface area contributed by atoms with Crippen molar-refractivity contribution in [2.45, 2.75) is 46.5 Å². The van der Waals surface area contributed by atoms with Gasteiger partial charge in [-0.1, -0.05) is 30.7 Å². The number of aromatic hydroxyl groups is 1. The molecule has 1 atom stereocenters. The van der Waals surface area contributed by atoms with E-state index in [0.717, 1.165) is 18.4 Å². The first-order valence-corrected chi connectivity index (χ1v) is 5.93. The van der Waals surface area contributed by atoms with Gasteiger partial charge in [0.05, 0.1) is 0 Å². The van der Waals surface area contributed by atoms with E-state index in [4.69, 9.17) is 0 Å². The maximum absolute atomic E-state index is 9.65. The highest BCUT2D eigenvalue weighted by molar-refractivity contribution is 5.36. The number of hydrogen-bond acceptors (Lipinski definition) is 1. The standard InChI is InChI=1S/C15H22O/c1-11(2)6-5-7-12(3)14-9-8-13(4)15(16)10-14/h6,8-10,12,16H,5,7H2,1-4H3/t12-/m0/s1. The van der Waals surface area contributed by atoms with Crippen LogP contribution in [0.1, 0.15) is 50.7 Å². The summed E-state index contributed by atoms with van der Waals surface area (Å²) in [5.41, 5.74) is 3.55. The molecule has 0 heterocycles. The van der Waals surface area contributed by atoms with E-state index in [-0.39, 0.29) is 0 Å². The predicted octanol–water partition coefficient (Wildman–Crippen LogP) is 4.55. The van der Waals surface area contributed by atoms with Gasteiger partial charge in [-0.2, -0.15) is 0 Å². The number of phenols is 1. The van der Waals surface area contributed by atoms with Crippen molar-refractivity contribution in [3.63, 3.8) is 0 Å². The number of allylic oxidation sites excluding steroid dienone is 2. The second-order valence-corrected chi connectivity index (χ2v) is 4.81. The zero-order valence-electron chi connectivity index (χ0n) is 10.7. The Kier molecular flexibility index (Phi) is 4.60. The number of aryl methyl sites for hydroxylation is 1. The van der Waals surface area contributed by atoms with Gasteiger partial charge < -0.3 is 5.11 Å². The molecule has 0 saturated heterocycles. The van der Waals surface area contributed by atoms with Crippen molar-refractivity contribution in [1.82, 2.24) is 0 Å². The van der Waals surface area contributed by atoms with Crippen molar-refractivity contribution in [3.8, 4) is 5.75 Å². The van der Waals surface area contributed by atoms with Gasteiger partial charge in [-0.15, -0.1) is 0 Å². The van der Waals surface area contributed by atoms with Crippen LogP contribution in [0.5, 0.6) is 5.75 Å². The van der Waals surface area contributed by atoms with Gasteiger partial charge in [0.15, 0.2) is 0 Å². The highest BCUT2D eigenvalue weighted by Crippen LogP contribution is 2.26. The molecule has 0 saturated carbocycles. The van der Waals surface area contributed by atoms with Crippen LogP contribution in [-0.4, -0.2) is 5.11 Å². The van der Waals surface area contributed by atoms with Crippen LogP contribution in [0.2, 0.25) is 0 Å². The minimum absolute atomic E-state index is 0.409. The molecule has 0 spiro atoms. The van der Waals surface area contributed by atoms with Gasteiger partial charge in [0.1, 0.15) is 5.75 Å². The quantitative estimate of drug-likeness (QED) is 0.735. The number of hydrogen-bond donors (Lipinski definition) is 1. The molecule has 0 radical (unpaired) electrons. The van der Waals surface area contributed by atoms with Crippen LogP contribution in [0, 0.1) is 6.92 Å². The van der Waals surface area contributed by atoms with Crippen LogP contribution in [-0.2, 0) is 0 Å². The SMILES string of the molecule is CC(C)=CCC[C@H](C)c1ccc(C)c(O)c1. The van der Waals surface area contributed by atoms with E-state index in [2.05, 4.69) is 32.9 Å². The summed E-state index contributed by atoms with van der Waals surface area (Å²) in [4.78, 5) is 0. The Morgan fingerprint density at radius 1 is 1.38 bits per heavy atom. The minimum atomic E-state index is 0.409. The molecular formula is C15H22O. The molecular weight excluding hydrogens is 196 g/mol. The summed E-state index contributed by atoms with van der Waals surface area (Å²) >= 11 is 0. The normalized spacial score (nSPS) is 12.2. The molecule has 0 aliphatic carbocycles. The van der Waals surface area contributed by atoms with Crippen LogP contribution in [0.15, 0.2) is 29.8 Å². The van der Waals surface area contributed by atoms with Gasteiger partial charge in [-0.05, 0) is 56.7 Å². The molecule has 1 N–H and O–H groups in total. The summed E-state index contributed by atoms with van der Waals surface area (Å²) in [6.07, 6.45) is 4.51. The fraction of sp³-hybridized carbons (Fsp3) is 0.467. The van der Waals surface area contributed by atoms with E-state index < -0.39 is 0 Å². The molecule has 16 heavy (non-hydrogen) atoms. The Hall–Kier alpha value is -1.24. The first kappa shape index (κ1) is 12.8. The minimum Gasteiger partial charge on any atom is -0.508 e. The van der Waals surface area contributed by atoms with Crippen molar-refractivity contribution in [2.24, 2.45) is 0 Å². The van der Waals surface area contributed by atoms with E-state index in [0.29, 0.717) is 11.7 Å². The van der Waals surface area contributed by atoms with Crippen molar-refractivity contribution in [2.75, 3.05) is 0 Å². The Labute approximate surface area is 98.8 Å². The van der Waals surface area contributed by atoms with E-state index in [9.17, 15) is 5.11 Å². The van der Waals surface area contributed by atoms with Gasteiger partial charge in [0, 0.05) is 0 Å². The summed E-state index contributed by atoms with van der Waals surface area (Å²) in [6.45, 7) is 8.39. The summed E-state index contributed by atoms with van der Waals surface area (Å²) < 4.78 is 0. The molecule has 0 unspecified atom stereocenters. The fourth-order valence-electron chi connectivity index (χ4n) is 1.72. The number of benzene rings is 1. The van der Waals surface area contributed by atoms with Crippen LogP contribution < -0.4 is 0 Å². The van der Waals surface area contributed by atoms with Crippen molar-refractivity contribution < 1.29 is 5.11 Å². The first-order valence-electron chi connectivity index (χ1n) is 5.93. The Balaban J connectivity index is 2.62. The second kappa shape index (κ2) is 5.74. The summed E-state index contributed by atoms with van der Waals surface area (Å²) in [5.74, 6) is 0.911. The predicted molar refractivity (Wildman–Crippen MR) is 69.9 cm³/mol. The van der Waals surface area contributed by atoms with Crippen LogP contribution in [0.3, 0.4) is 0 Å². The van der Waals surface area contributed by atoms with Crippen molar-refractivity contribution in [1.29, 1.82) is 0 Å². The highest BCUT2D eigenvalue weighted by Gasteiger charge is 2.06. The molecule has 1 aromatic carbocycles. The molecule has 0 aliphatic rings. The summed E-state index contributed by atoms with van der Waals surface area (Å²) in [6, 6.07) is 5.99. The lowest BCUT2D eigenvalue weighted by molar-refractivity contribution is 0.469. The maximum Gasteiger partial charge on any atom is 0.118 e. The molecule has 88 valence electrons. The van der Waals surface area contributed by atoms with Gasteiger partial charge in [0.2, 0.25) is 0 Å². The van der Waals surface area contributed by atoms with E-state index in [1.54, 1.807) is 0 Å². The number of rotatable bonds is 4. The molecule has 0 aliphatic heterocycles. The molecule has 1 nitrogen and oxygen atoms in total. The molecule has 1 heteroatoms. The molecule has 1 aromatic rings. The maximum atomic E-state index is 9.65. The van der Waals surface area contributed by atoms with Crippen molar-refractivity contribution in [3.05, 3.63) is 41.0 Å². The van der Waals surface area contributed by atoms with Gasteiger partial charge in [0.25, 0.3) is 0 Å². The van der Waals surface area contributed by atoms with E-state index in [1.165, 1.54) is 11.1 Å². The highest BCUT2D eigenvalue weighted by atomic mass is 16.3. The first-order chi connectivity index (χ1) is 7.50. The van der Waals surface area contributed by atoms with Crippen LogP contribution in [0.25, 0.3) is 0 Å². The van der Waals surface area contributed by atoms with Gasteiger partial charge in [-0.3, -0.25) is 0 Å². The van der Waals surface area contributed by atoms with Crippen LogP contribution in [0.4, 0.5) is 0 Å². The molecule has 1 rings (SSSR count). The lowest BCUT2D eigenvalue weighted by atomic mass is 9.95.